The minimum atomic E-state index is -1.18. The fraction of sp³-hybridized carbons (Fsp3) is 0.900. The SMILES string of the molecule is CC1(C)C(=O)CC[C@@]2(C)C1CC[C@]1(C)[C@@H]2CC=C2[C@H]3CC(C)(C)[C@@H](O)[C@H](O)[C@]3(CO)[C@H](O)C[C@]21C. The number of rotatable bonds is 1. The Labute approximate surface area is 211 Å². The number of aliphatic hydroxyl groups is 4. The number of allylic oxidation sites excluding steroid dienone is 2. The van der Waals surface area contributed by atoms with E-state index in [2.05, 4.69) is 40.7 Å². The number of aliphatic hydroxyl groups excluding tert-OH is 4. The molecule has 0 heterocycles. The quantitative estimate of drug-likeness (QED) is 0.414. The largest absolute Gasteiger partial charge is 0.396 e. The summed E-state index contributed by atoms with van der Waals surface area (Å²) in [5, 5.41) is 44.7. The highest BCUT2D eigenvalue weighted by atomic mass is 16.3. The van der Waals surface area contributed by atoms with Crippen molar-refractivity contribution in [3.63, 3.8) is 0 Å². The molecule has 0 aromatic rings. The van der Waals surface area contributed by atoms with Crippen molar-refractivity contribution in [1.82, 2.24) is 0 Å². The molecule has 5 heteroatoms. The van der Waals surface area contributed by atoms with Gasteiger partial charge in [-0.25, -0.2) is 0 Å². The van der Waals surface area contributed by atoms with E-state index in [4.69, 9.17) is 0 Å². The summed E-state index contributed by atoms with van der Waals surface area (Å²) >= 11 is 0. The van der Waals surface area contributed by atoms with E-state index in [1.165, 1.54) is 5.57 Å². The van der Waals surface area contributed by atoms with Crippen molar-refractivity contribution in [2.45, 2.75) is 112 Å². The predicted molar refractivity (Wildman–Crippen MR) is 135 cm³/mol. The molecule has 35 heavy (non-hydrogen) atoms. The zero-order chi connectivity index (χ0) is 26.0. The normalized spacial score (nSPS) is 54.6. The first-order chi connectivity index (χ1) is 16.0. The number of Topliss-reactive ketones (excluding diaryl/α,β-unsaturated/α-hetero) is 1. The maximum absolute atomic E-state index is 12.9. The lowest BCUT2D eigenvalue weighted by molar-refractivity contribution is -0.253. The van der Waals surface area contributed by atoms with Gasteiger partial charge in [-0.2, -0.15) is 0 Å². The fourth-order valence-electron chi connectivity index (χ4n) is 10.7. The topological polar surface area (TPSA) is 98.0 Å². The zero-order valence-electron chi connectivity index (χ0n) is 22.9. The Morgan fingerprint density at radius 3 is 2.20 bits per heavy atom. The summed E-state index contributed by atoms with van der Waals surface area (Å²) in [6, 6.07) is 0. The standard InChI is InChI=1S/C30H48O5/c1-25(2)14-18-17-8-9-20-27(5)12-11-21(32)26(3,4)19(27)10-13-28(20,6)29(17,7)15-22(33)30(18,16-31)24(35)23(25)34/h8,18-20,22-24,31,33-35H,9-16H2,1-7H3/t18-,19?,20-,22-,23+,24+,27+,28-,29-,30+/m1/s1. The van der Waals surface area contributed by atoms with E-state index in [1.54, 1.807) is 0 Å². The van der Waals surface area contributed by atoms with Crippen LogP contribution < -0.4 is 0 Å². The number of hydrogen-bond donors (Lipinski definition) is 4. The number of fused-ring (bicyclic) bond motifs is 7. The first-order valence-electron chi connectivity index (χ1n) is 13.9. The molecule has 10 atom stereocenters. The van der Waals surface area contributed by atoms with E-state index >= 15 is 0 Å². The summed E-state index contributed by atoms with van der Waals surface area (Å²) in [5.41, 5.74) is -0.926. The smallest absolute Gasteiger partial charge is 0.138 e. The van der Waals surface area contributed by atoms with Crippen molar-refractivity contribution in [2.24, 2.45) is 50.2 Å². The Hall–Kier alpha value is -0.750. The molecule has 0 aromatic heterocycles. The lowest BCUT2D eigenvalue weighted by Crippen LogP contribution is -2.71. The van der Waals surface area contributed by atoms with Gasteiger partial charge in [0.15, 0.2) is 0 Å². The van der Waals surface area contributed by atoms with Gasteiger partial charge in [0.25, 0.3) is 0 Å². The minimum absolute atomic E-state index is 0.0491. The maximum atomic E-state index is 12.9. The molecule has 0 bridgehead atoms. The van der Waals surface area contributed by atoms with E-state index in [1.807, 2.05) is 13.8 Å². The molecule has 4 fully saturated rings. The lowest BCUT2D eigenvalue weighted by Gasteiger charge is -2.72. The number of carbonyl (C=O) groups excluding carboxylic acids is 1. The van der Waals surface area contributed by atoms with Crippen LogP contribution in [-0.2, 0) is 4.79 Å². The molecule has 198 valence electrons. The molecule has 0 radical (unpaired) electrons. The van der Waals surface area contributed by atoms with Gasteiger partial charge >= 0.3 is 0 Å². The van der Waals surface area contributed by atoms with Gasteiger partial charge in [0.2, 0.25) is 0 Å². The molecule has 5 aliphatic carbocycles. The summed E-state index contributed by atoms with van der Waals surface area (Å²) in [4.78, 5) is 12.9. The highest BCUT2D eigenvalue weighted by Gasteiger charge is 2.72. The van der Waals surface area contributed by atoms with Crippen LogP contribution in [-0.4, -0.2) is 51.1 Å². The van der Waals surface area contributed by atoms with E-state index < -0.39 is 29.1 Å². The second-order valence-electron chi connectivity index (χ2n) is 15.1. The molecule has 0 amide bonds. The van der Waals surface area contributed by atoms with E-state index in [0.717, 1.165) is 25.7 Å². The molecule has 5 nitrogen and oxygen atoms in total. The van der Waals surface area contributed by atoms with Crippen molar-refractivity contribution in [1.29, 1.82) is 0 Å². The molecule has 5 rings (SSSR count). The second-order valence-corrected chi connectivity index (χ2v) is 15.1. The van der Waals surface area contributed by atoms with Crippen LogP contribution in [0, 0.1) is 50.2 Å². The predicted octanol–water partition coefficient (Wildman–Crippen LogP) is 4.26. The number of hydrogen-bond acceptors (Lipinski definition) is 5. The second kappa shape index (κ2) is 7.42. The van der Waals surface area contributed by atoms with Crippen LogP contribution in [0.15, 0.2) is 11.6 Å². The highest BCUT2D eigenvalue weighted by molar-refractivity contribution is 5.85. The monoisotopic (exact) mass is 488 g/mol. The Bertz CT molecular complexity index is 952. The van der Waals surface area contributed by atoms with Gasteiger partial charge in [-0.15, -0.1) is 0 Å². The van der Waals surface area contributed by atoms with Crippen molar-refractivity contribution in [2.75, 3.05) is 6.61 Å². The first kappa shape index (κ1) is 25.9. The Morgan fingerprint density at radius 1 is 0.914 bits per heavy atom. The van der Waals surface area contributed by atoms with Crippen LogP contribution in [0.25, 0.3) is 0 Å². The van der Waals surface area contributed by atoms with E-state index in [9.17, 15) is 25.2 Å². The summed E-state index contributed by atoms with van der Waals surface area (Å²) in [6.45, 7) is 15.1. The molecule has 0 aromatic carbocycles. The molecule has 5 aliphatic rings. The Morgan fingerprint density at radius 2 is 1.57 bits per heavy atom. The zero-order valence-corrected chi connectivity index (χ0v) is 22.9. The highest BCUT2D eigenvalue weighted by Crippen LogP contribution is 2.75. The van der Waals surface area contributed by atoms with Crippen LogP contribution in [0.5, 0.6) is 0 Å². The van der Waals surface area contributed by atoms with Crippen molar-refractivity contribution in [3.05, 3.63) is 11.6 Å². The first-order valence-corrected chi connectivity index (χ1v) is 13.9. The number of ketones is 1. The van der Waals surface area contributed by atoms with Crippen LogP contribution in [0.1, 0.15) is 93.4 Å². The summed E-state index contributed by atoms with van der Waals surface area (Å²) < 4.78 is 0. The molecule has 4 N–H and O–H groups in total. The van der Waals surface area contributed by atoms with Gasteiger partial charge in [0.1, 0.15) is 5.78 Å². The summed E-state index contributed by atoms with van der Waals surface area (Å²) in [5.74, 6) is 1.00. The maximum Gasteiger partial charge on any atom is 0.138 e. The van der Waals surface area contributed by atoms with Crippen LogP contribution in [0.2, 0.25) is 0 Å². The average molecular weight is 489 g/mol. The molecule has 4 saturated carbocycles. The summed E-state index contributed by atoms with van der Waals surface area (Å²) in [7, 11) is 0. The molecular weight excluding hydrogens is 440 g/mol. The average Bonchev–Trinajstić information content (AvgIpc) is 2.76. The van der Waals surface area contributed by atoms with Crippen molar-refractivity contribution >= 4 is 5.78 Å². The molecule has 0 saturated heterocycles. The third kappa shape index (κ3) is 2.88. The lowest BCUT2D eigenvalue weighted by atomic mass is 9.33. The molecular formula is C30H48O5. The van der Waals surface area contributed by atoms with Crippen molar-refractivity contribution in [3.8, 4) is 0 Å². The third-order valence-corrected chi connectivity index (χ3v) is 13.2. The molecule has 0 spiro atoms. The number of carbonyl (C=O) groups is 1. The van der Waals surface area contributed by atoms with Crippen LogP contribution in [0.4, 0.5) is 0 Å². The van der Waals surface area contributed by atoms with Crippen LogP contribution >= 0.6 is 0 Å². The van der Waals surface area contributed by atoms with Gasteiger partial charge in [-0.1, -0.05) is 60.1 Å². The Kier molecular flexibility index (Phi) is 5.49. The van der Waals surface area contributed by atoms with Gasteiger partial charge < -0.3 is 20.4 Å². The van der Waals surface area contributed by atoms with Gasteiger partial charge in [-0.3, -0.25) is 4.79 Å². The minimum Gasteiger partial charge on any atom is -0.396 e. The fourth-order valence-corrected chi connectivity index (χ4v) is 10.7. The van der Waals surface area contributed by atoms with Crippen molar-refractivity contribution < 1.29 is 25.2 Å². The van der Waals surface area contributed by atoms with Gasteiger partial charge in [0, 0.05) is 11.8 Å². The van der Waals surface area contributed by atoms with E-state index in [-0.39, 0.29) is 34.2 Å². The van der Waals surface area contributed by atoms with Gasteiger partial charge in [-0.05, 0) is 77.9 Å². The van der Waals surface area contributed by atoms with E-state index in [0.29, 0.717) is 36.9 Å². The Balaban J connectivity index is 1.64. The van der Waals surface area contributed by atoms with Crippen LogP contribution in [0.3, 0.4) is 0 Å². The molecule has 1 unspecified atom stereocenters. The summed E-state index contributed by atoms with van der Waals surface area (Å²) in [6.07, 6.45) is 5.00. The van der Waals surface area contributed by atoms with Gasteiger partial charge in [0.05, 0.1) is 30.3 Å². The molecule has 0 aliphatic heterocycles. The third-order valence-electron chi connectivity index (χ3n) is 13.2.